The normalized spacial score (nSPS) is 11.6. The SMILES string of the molecule is COc1ccc(S(=O)(=O)Nc2nc3scc(-c4ccc(C)cc4)n3n2)cc1OC. The van der Waals surface area contributed by atoms with E-state index in [-0.39, 0.29) is 10.8 Å². The number of rotatable bonds is 6. The molecular formula is C19H18N4O4S2. The van der Waals surface area contributed by atoms with Gasteiger partial charge in [-0.05, 0) is 19.1 Å². The lowest BCUT2D eigenvalue weighted by atomic mass is 10.1. The molecule has 2 heterocycles. The summed E-state index contributed by atoms with van der Waals surface area (Å²) in [6.45, 7) is 2.02. The van der Waals surface area contributed by atoms with Crippen molar-refractivity contribution >= 4 is 32.3 Å². The number of aromatic nitrogens is 3. The molecule has 4 aromatic rings. The molecule has 0 saturated carbocycles. The lowest BCUT2D eigenvalue weighted by molar-refractivity contribution is 0.354. The molecule has 1 N–H and O–H groups in total. The van der Waals surface area contributed by atoms with E-state index in [2.05, 4.69) is 14.8 Å². The Morgan fingerprint density at radius 2 is 1.76 bits per heavy atom. The minimum absolute atomic E-state index is 0.00000318. The zero-order valence-electron chi connectivity index (χ0n) is 15.9. The number of thiazole rings is 1. The van der Waals surface area contributed by atoms with E-state index in [9.17, 15) is 8.42 Å². The predicted octanol–water partition coefficient (Wildman–Crippen LogP) is 3.58. The van der Waals surface area contributed by atoms with Crippen LogP contribution in [0.1, 0.15) is 5.56 Å². The molecule has 0 fully saturated rings. The van der Waals surface area contributed by atoms with E-state index in [4.69, 9.17) is 9.47 Å². The Kier molecular flexibility index (Phi) is 4.89. The number of fused-ring (bicyclic) bond motifs is 1. The maximum Gasteiger partial charge on any atom is 0.264 e. The maximum atomic E-state index is 12.8. The van der Waals surface area contributed by atoms with E-state index in [1.807, 2.05) is 36.6 Å². The van der Waals surface area contributed by atoms with Crippen LogP contribution in [0.2, 0.25) is 0 Å². The monoisotopic (exact) mass is 430 g/mol. The Morgan fingerprint density at radius 3 is 2.45 bits per heavy atom. The average molecular weight is 431 g/mol. The van der Waals surface area contributed by atoms with Gasteiger partial charge in [-0.1, -0.05) is 29.8 Å². The molecule has 0 aliphatic heterocycles. The molecule has 4 rings (SSSR count). The molecule has 10 heteroatoms. The first-order valence-corrected chi connectivity index (χ1v) is 10.9. The van der Waals surface area contributed by atoms with Gasteiger partial charge in [-0.25, -0.2) is 17.7 Å². The molecular weight excluding hydrogens is 412 g/mol. The first kappa shape index (κ1) is 19.2. The van der Waals surface area contributed by atoms with Crippen LogP contribution < -0.4 is 14.2 Å². The van der Waals surface area contributed by atoms with Crippen LogP contribution in [0.15, 0.2) is 52.7 Å². The molecule has 0 amide bonds. The van der Waals surface area contributed by atoms with E-state index < -0.39 is 10.0 Å². The highest BCUT2D eigenvalue weighted by Gasteiger charge is 2.20. The second-order valence-corrected chi connectivity index (χ2v) is 8.76. The van der Waals surface area contributed by atoms with Crippen LogP contribution in [0.4, 0.5) is 5.95 Å². The Hall–Kier alpha value is -3.11. The fourth-order valence-corrected chi connectivity index (χ4v) is 4.60. The van der Waals surface area contributed by atoms with Crippen LogP contribution in [0.5, 0.6) is 11.5 Å². The summed E-state index contributed by atoms with van der Waals surface area (Å²) < 4.78 is 39.9. The van der Waals surface area contributed by atoms with Gasteiger partial charge < -0.3 is 9.47 Å². The smallest absolute Gasteiger partial charge is 0.264 e. The van der Waals surface area contributed by atoms with Crippen molar-refractivity contribution in [2.24, 2.45) is 0 Å². The minimum Gasteiger partial charge on any atom is -0.493 e. The van der Waals surface area contributed by atoms with Gasteiger partial charge in [-0.3, -0.25) is 0 Å². The molecule has 0 atom stereocenters. The van der Waals surface area contributed by atoms with Gasteiger partial charge in [-0.2, -0.15) is 4.98 Å². The molecule has 0 aliphatic carbocycles. The van der Waals surface area contributed by atoms with Gasteiger partial charge in [0.05, 0.1) is 24.8 Å². The van der Waals surface area contributed by atoms with Gasteiger partial charge in [0, 0.05) is 17.0 Å². The molecule has 0 aliphatic rings. The van der Waals surface area contributed by atoms with Crippen molar-refractivity contribution in [1.29, 1.82) is 0 Å². The van der Waals surface area contributed by atoms with Crippen molar-refractivity contribution in [1.82, 2.24) is 14.6 Å². The highest BCUT2D eigenvalue weighted by Crippen LogP contribution is 2.30. The summed E-state index contributed by atoms with van der Waals surface area (Å²) in [7, 11) is -0.971. The molecule has 0 bridgehead atoms. The maximum absolute atomic E-state index is 12.8. The number of sulfonamides is 1. The predicted molar refractivity (Wildman–Crippen MR) is 111 cm³/mol. The lowest BCUT2D eigenvalue weighted by Crippen LogP contribution is -2.14. The Labute approximate surface area is 171 Å². The summed E-state index contributed by atoms with van der Waals surface area (Å²) in [5.41, 5.74) is 2.97. The number of hydrogen-bond acceptors (Lipinski definition) is 7. The second kappa shape index (κ2) is 7.37. The molecule has 29 heavy (non-hydrogen) atoms. The Balaban J connectivity index is 1.66. The summed E-state index contributed by atoms with van der Waals surface area (Å²) in [4.78, 5) is 4.90. The topological polar surface area (TPSA) is 94.8 Å². The number of hydrogen-bond donors (Lipinski definition) is 1. The standard InChI is InChI=1S/C19H18N4O4S2/c1-12-4-6-13(7-5-12)15-11-28-19-20-18(21-23(15)19)22-29(24,25)14-8-9-16(26-2)17(10-14)27-3/h4-11H,1-3H3,(H,21,22). The number of methoxy groups -OCH3 is 2. The highest BCUT2D eigenvalue weighted by molar-refractivity contribution is 7.92. The summed E-state index contributed by atoms with van der Waals surface area (Å²) in [6.07, 6.45) is 0. The van der Waals surface area contributed by atoms with Crippen LogP contribution in [0.3, 0.4) is 0 Å². The van der Waals surface area contributed by atoms with Crippen molar-refractivity contribution in [3.05, 3.63) is 53.4 Å². The number of nitrogens with one attached hydrogen (secondary N) is 1. The molecule has 0 spiro atoms. The number of nitrogens with zero attached hydrogens (tertiary/aromatic N) is 3. The highest BCUT2D eigenvalue weighted by atomic mass is 32.2. The molecule has 2 aromatic carbocycles. The summed E-state index contributed by atoms with van der Waals surface area (Å²) in [5.74, 6) is 0.755. The van der Waals surface area contributed by atoms with Crippen LogP contribution in [0, 0.1) is 6.92 Å². The Bertz CT molecular complexity index is 1280. The molecule has 0 radical (unpaired) electrons. The van der Waals surface area contributed by atoms with Crippen molar-refractivity contribution < 1.29 is 17.9 Å². The van der Waals surface area contributed by atoms with Gasteiger partial charge in [0.2, 0.25) is 4.96 Å². The van der Waals surface area contributed by atoms with Crippen LogP contribution >= 0.6 is 11.3 Å². The number of aryl methyl sites for hydroxylation is 1. The van der Waals surface area contributed by atoms with Crippen molar-refractivity contribution in [2.45, 2.75) is 11.8 Å². The first-order valence-electron chi connectivity index (χ1n) is 8.57. The quantitative estimate of drug-likeness (QED) is 0.502. The fraction of sp³-hybridized carbons (Fsp3) is 0.158. The summed E-state index contributed by atoms with van der Waals surface area (Å²) >= 11 is 1.38. The van der Waals surface area contributed by atoms with Gasteiger partial charge in [0.25, 0.3) is 16.0 Å². The molecule has 8 nitrogen and oxygen atoms in total. The third kappa shape index (κ3) is 3.64. The summed E-state index contributed by atoms with van der Waals surface area (Å²) in [5, 5.41) is 6.27. The first-order chi connectivity index (χ1) is 13.9. The van der Waals surface area contributed by atoms with Gasteiger partial charge in [-0.15, -0.1) is 16.4 Å². The second-order valence-electron chi connectivity index (χ2n) is 6.24. The van der Waals surface area contributed by atoms with E-state index in [1.54, 1.807) is 4.52 Å². The zero-order chi connectivity index (χ0) is 20.6. The number of benzene rings is 2. The number of anilines is 1. The third-order valence-corrected chi connectivity index (χ3v) is 6.46. The largest absolute Gasteiger partial charge is 0.493 e. The molecule has 0 unspecified atom stereocenters. The van der Waals surface area contributed by atoms with Gasteiger partial charge >= 0.3 is 0 Å². The van der Waals surface area contributed by atoms with Crippen LogP contribution in [0.25, 0.3) is 16.2 Å². The molecule has 2 aromatic heterocycles. The van der Waals surface area contributed by atoms with Crippen molar-refractivity contribution in [3.63, 3.8) is 0 Å². The Morgan fingerprint density at radius 1 is 1.03 bits per heavy atom. The van der Waals surface area contributed by atoms with Crippen molar-refractivity contribution in [2.75, 3.05) is 18.9 Å². The zero-order valence-corrected chi connectivity index (χ0v) is 17.5. The summed E-state index contributed by atoms with van der Waals surface area (Å²) in [6, 6.07) is 12.4. The van der Waals surface area contributed by atoms with Gasteiger partial charge in [0.15, 0.2) is 11.5 Å². The van der Waals surface area contributed by atoms with Crippen molar-refractivity contribution in [3.8, 4) is 22.8 Å². The van der Waals surface area contributed by atoms with Crippen LogP contribution in [-0.4, -0.2) is 37.2 Å². The van der Waals surface area contributed by atoms with E-state index in [0.717, 1.165) is 16.8 Å². The fourth-order valence-electron chi connectivity index (χ4n) is 2.81. The molecule has 0 saturated heterocycles. The van der Waals surface area contributed by atoms with Gasteiger partial charge in [0.1, 0.15) is 0 Å². The van der Waals surface area contributed by atoms with E-state index >= 15 is 0 Å². The number of ether oxygens (including phenoxy) is 2. The third-order valence-electron chi connectivity index (χ3n) is 4.32. The average Bonchev–Trinajstić information content (AvgIpc) is 3.27. The molecule has 150 valence electrons. The van der Waals surface area contributed by atoms with Crippen LogP contribution in [-0.2, 0) is 10.0 Å². The van der Waals surface area contributed by atoms with E-state index in [0.29, 0.717) is 16.5 Å². The minimum atomic E-state index is -3.90. The van der Waals surface area contributed by atoms with E-state index in [1.165, 1.54) is 43.8 Å². The lowest BCUT2D eigenvalue weighted by Gasteiger charge is -2.10.